The second kappa shape index (κ2) is 5.94. The normalized spacial score (nSPS) is 12.0. The Bertz CT molecular complexity index is 1070. The largest absolute Gasteiger partial charge is 0.343 e. The summed E-state index contributed by atoms with van der Waals surface area (Å²) in [6, 6.07) is 11.2. The number of imidazole rings is 2. The van der Waals surface area contributed by atoms with Crippen LogP contribution in [0.3, 0.4) is 0 Å². The van der Waals surface area contributed by atoms with Gasteiger partial charge in [-0.05, 0) is 24.3 Å². The van der Waals surface area contributed by atoms with Crippen LogP contribution in [0.25, 0.3) is 16.7 Å². The molecule has 0 radical (unpaired) electrons. The second-order valence-electron chi connectivity index (χ2n) is 7.28. The van der Waals surface area contributed by atoms with Crippen molar-refractivity contribution < 1.29 is 4.79 Å². The van der Waals surface area contributed by atoms with E-state index in [1.807, 2.05) is 30.5 Å². The van der Waals surface area contributed by atoms with Crippen LogP contribution < -0.4 is 5.32 Å². The molecule has 1 amide bonds. The molecule has 0 unspecified atom stereocenters. The van der Waals surface area contributed by atoms with Gasteiger partial charge in [-0.1, -0.05) is 32.9 Å². The number of H-pyrrole nitrogens is 1. The molecular weight excluding hydrogens is 328 g/mol. The number of benzene rings is 1. The summed E-state index contributed by atoms with van der Waals surface area (Å²) in [5.74, 6) is 0.455. The summed E-state index contributed by atoms with van der Waals surface area (Å²) in [7, 11) is 0. The fourth-order valence-corrected chi connectivity index (χ4v) is 2.71. The number of aromatic nitrogens is 5. The highest BCUT2D eigenvalue weighted by atomic mass is 16.1. The Labute approximate surface area is 150 Å². The van der Waals surface area contributed by atoms with Gasteiger partial charge < -0.3 is 10.3 Å². The molecule has 7 heteroatoms. The predicted molar refractivity (Wildman–Crippen MR) is 99.0 cm³/mol. The van der Waals surface area contributed by atoms with Crippen molar-refractivity contribution in [1.29, 1.82) is 0 Å². The third-order valence-corrected chi connectivity index (χ3v) is 4.18. The number of nitrogens with zero attached hydrogens (tertiary/aromatic N) is 4. The lowest BCUT2D eigenvalue weighted by molar-refractivity contribution is 0.0943. The molecule has 1 aromatic carbocycles. The predicted octanol–water partition coefficient (Wildman–Crippen LogP) is 2.83. The van der Waals surface area contributed by atoms with Gasteiger partial charge in [0, 0.05) is 5.41 Å². The Kier molecular flexibility index (Phi) is 3.72. The molecule has 0 bridgehead atoms. The Morgan fingerprint density at radius 2 is 1.96 bits per heavy atom. The van der Waals surface area contributed by atoms with Crippen molar-refractivity contribution in [3.63, 3.8) is 0 Å². The van der Waals surface area contributed by atoms with E-state index in [1.165, 1.54) is 0 Å². The van der Waals surface area contributed by atoms with Gasteiger partial charge in [-0.15, -0.1) is 0 Å². The lowest BCUT2D eigenvalue weighted by atomic mass is 9.93. The zero-order valence-corrected chi connectivity index (χ0v) is 14.9. The molecule has 7 nitrogen and oxygen atoms in total. The molecule has 0 aliphatic rings. The highest BCUT2D eigenvalue weighted by Crippen LogP contribution is 2.21. The van der Waals surface area contributed by atoms with E-state index in [2.05, 4.69) is 46.1 Å². The van der Waals surface area contributed by atoms with Crippen LogP contribution in [-0.2, 0) is 12.0 Å². The standard InChI is InChI=1S/C19H20N6O/c1-19(2,3)15-11-25-17(23-15)9-8-14(24-25)18(26)20-10-16-21-12-6-4-5-7-13(12)22-16/h4-9,11H,10H2,1-3H3,(H,20,26)(H,21,22). The number of fused-ring (bicyclic) bond motifs is 2. The lowest BCUT2D eigenvalue weighted by Gasteiger charge is -2.13. The fraction of sp³-hybridized carbons (Fsp3) is 0.263. The van der Waals surface area contributed by atoms with Gasteiger partial charge in [-0.2, -0.15) is 5.10 Å². The van der Waals surface area contributed by atoms with Gasteiger partial charge in [0.2, 0.25) is 0 Å². The van der Waals surface area contributed by atoms with E-state index < -0.39 is 0 Å². The first-order valence-corrected chi connectivity index (χ1v) is 8.49. The Hall–Kier alpha value is -3.22. The summed E-state index contributed by atoms with van der Waals surface area (Å²) in [6.07, 6.45) is 1.87. The molecule has 26 heavy (non-hydrogen) atoms. The van der Waals surface area contributed by atoms with E-state index in [0.29, 0.717) is 18.1 Å². The Balaban J connectivity index is 1.52. The van der Waals surface area contributed by atoms with E-state index in [4.69, 9.17) is 0 Å². The van der Waals surface area contributed by atoms with Crippen molar-refractivity contribution in [2.45, 2.75) is 32.7 Å². The molecule has 3 aromatic heterocycles. The summed E-state index contributed by atoms with van der Waals surface area (Å²) < 4.78 is 1.65. The van der Waals surface area contributed by atoms with Crippen LogP contribution in [0, 0.1) is 0 Å². The molecule has 3 heterocycles. The van der Waals surface area contributed by atoms with Crippen LogP contribution in [0.4, 0.5) is 0 Å². The van der Waals surface area contributed by atoms with Crippen molar-refractivity contribution in [2.75, 3.05) is 0 Å². The number of rotatable bonds is 3. The highest BCUT2D eigenvalue weighted by Gasteiger charge is 2.18. The molecule has 0 saturated heterocycles. The highest BCUT2D eigenvalue weighted by molar-refractivity contribution is 5.92. The molecule has 0 saturated carbocycles. The maximum Gasteiger partial charge on any atom is 0.272 e. The Morgan fingerprint density at radius 3 is 2.73 bits per heavy atom. The zero-order chi connectivity index (χ0) is 18.3. The van der Waals surface area contributed by atoms with Crippen molar-refractivity contribution >= 4 is 22.6 Å². The minimum Gasteiger partial charge on any atom is -0.343 e. The molecule has 0 aliphatic carbocycles. The number of amides is 1. The van der Waals surface area contributed by atoms with Gasteiger partial charge in [0.05, 0.1) is 29.5 Å². The van der Waals surface area contributed by atoms with Gasteiger partial charge in [-0.3, -0.25) is 4.79 Å². The lowest BCUT2D eigenvalue weighted by Crippen LogP contribution is -2.25. The van der Waals surface area contributed by atoms with Crippen LogP contribution in [-0.4, -0.2) is 30.5 Å². The molecule has 0 aliphatic heterocycles. The summed E-state index contributed by atoms with van der Waals surface area (Å²) >= 11 is 0. The molecule has 0 atom stereocenters. The molecule has 0 fully saturated rings. The molecule has 0 spiro atoms. The minimum atomic E-state index is -0.252. The number of para-hydroxylation sites is 2. The number of aromatic amines is 1. The molecular formula is C19H20N6O. The first kappa shape index (κ1) is 16.3. The van der Waals surface area contributed by atoms with E-state index in [9.17, 15) is 4.79 Å². The quantitative estimate of drug-likeness (QED) is 0.596. The summed E-state index contributed by atoms with van der Waals surface area (Å²) in [5, 5.41) is 7.22. The van der Waals surface area contributed by atoms with Crippen molar-refractivity contribution in [3.05, 3.63) is 59.8 Å². The molecule has 2 N–H and O–H groups in total. The second-order valence-corrected chi connectivity index (χ2v) is 7.28. The van der Waals surface area contributed by atoms with Crippen LogP contribution in [0.2, 0.25) is 0 Å². The zero-order valence-electron chi connectivity index (χ0n) is 14.9. The number of hydrogen-bond acceptors (Lipinski definition) is 4. The van der Waals surface area contributed by atoms with Crippen molar-refractivity contribution in [1.82, 2.24) is 29.9 Å². The van der Waals surface area contributed by atoms with Crippen LogP contribution in [0.1, 0.15) is 42.8 Å². The van der Waals surface area contributed by atoms with E-state index in [1.54, 1.807) is 16.6 Å². The van der Waals surface area contributed by atoms with Gasteiger partial charge in [0.25, 0.3) is 5.91 Å². The van der Waals surface area contributed by atoms with Gasteiger partial charge in [0.15, 0.2) is 5.65 Å². The third-order valence-electron chi connectivity index (χ3n) is 4.18. The van der Waals surface area contributed by atoms with Gasteiger partial charge >= 0.3 is 0 Å². The van der Waals surface area contributed by atoms with E-state index >= 15 is 0 Å². The summed E-state index contributed by atoms with van der Waals surface area (Å²) in [6.45, 7) is 6.59. The Morgan fingerprint density at radius 1 is 1.15 bits per heavy atom. The number of carbonyl (C=O) groups is 1. The average Bonchev–Trinajstić information content (AvgIpc) is 3.22. The van der Waals surface area contributed by atoms with E-state index in [0.717, 1.165) is 22.4 Å². The van der Waals surface area contributed by atoms with Crippen LogP contribution in [0.5, 0.6) is 0 Å². The SMILES string of the molecule is CC(C)(C)c1cn2nc(C(=O)NCc3nc4ccccc4[nH]3)ccc2n1. The molecule has 4 aromatic rings. The first-order valence-electron chi connectivity index (χ1n) is 8.49. The smallest absolute Gasteiger partial charge is 0.272 e. The van der Waals surface area contributed by atoms with Gasteiger partial charge in [0.1, 0.15) is 11.5 Å². The topological polar surface area (TPSA) is 88.0 Å². The number of nitrogens with one attached hydrogen (secondary N) is 2. The fourth-order valence-electron chi connectivity index (χ4n) is 2.71. The summed E-state index contributed by atoms with van der Waals surface area (Å²) in [5.41, 5.74) is 3.76. The van der Waals surface area contributed by atoms with Crippen LogP contribution >= 0.6 is 0 Å². The number of carbonyl (C=O) groups excluding carboxylic acids is 1. The third kappa shape index (κ3) is 3.03. The van der Waals surface area contributed by atoms with Crippen molar-refractivity contribution in [2.24, 2.45) is 0 Å². The maximum absolute atomic E-state index is 12.4. The average molecular weight is 348 g/mol. The maximum atomic E-state index is 12.4. The molecule has 4 rings (SSSR count). The van der Waals surface area contributed by atoms with Crippen molar-refractivity contribution in [3.8, 4) is 0 Å². The van der Waals surface area contributed by atoms with Crippen LogP contribution in [0.15, 0.2) is 42.6 Å². The number of hydrogen-bond donors (Lipinski definition) is 2. The molecule has 132 valence electrons. The first-order chi connectivity index (χ1) is 12.4. The summed E-state index contributed by atoms with van der Waals surface area (Å²) in [4.78, 5) is 24.6. The monoisotopic (exact) mass is 348 g/mol. The van der Waals surface area contributed by atoms with E-state index in [-0.39, 0.29) is 11.3 Å². The van der Waals surface area contributed by atoms with Gasteiger partial charge in [-0.25, -0.2) is 14.5 Å². The minimum absolute atomic E-state index is 0.0720.